The number of nitrogens with zero attached hydrogens (tertiary/aromatic N) is 1. The molecule has 2 N–H and O–H groups in total. The highest BCUT2D eigenvalue weighted by Crippen LogP contribution is 2.10. The zero-order chi connectivity index (χ0) is 15.6. The smallest absolute Gasteiger partial charge is 0.186 e. The second-order valence-corrected chi connectivity index (χ2v) is 5.05. The first kappa shape index (κ1) is 16.0. The maximum absolute atomic E-state index is 5.17. The van der Waals surface area contributed by atoms with E-state index >= 15 is 0 Å². The second-order valence-electron chi connectivity index (χ2n) is 4.64. The Kier molecular flexibility index (Phi) is 6.39. The number of thiocarbonyl (C=S) groups is 1. The van der Waals surface area contributed by atoms with Crippen LogP contribution in [0.5, 0.6) is 5.75 Å². The third-order valence-electron chi connectivity index (χ3n) is 3.02. The van der Waals surface area contributed by atoms with Crippen molar-refractivity contribution in [2.24, 2.45) is 5.10 Å². The highest BCUT2D eigenvalue weighted by atomic mass is 32.1. The summed E-state index contributed by atoms with van der Waals surface area (Å²) in [4.78, 5) is 0. The lowest BCUT2D eigenvalue weighted by Gasteiger charge is -2.07. The Morgan fingerprint density at radius 3 is 2.77 bits per heavy atom. The van der Waals surface area contributed by atoms with Gasteiger partial charge in [-0.3, -0.25) is 5.43 Å². The van der Waals surface area contributed by atoms with Gasteiger partial charge in [0.25, 0.3) is 0 Å². The number of ether oxygens (including phenoxy) is 1. The van der Waals surface area contributed by atoms with Crippen LogP contribution in [0.3, 0.4) is 0 Å². The van der Waals surface area contributed by atoms with E-state index in [9.17, 15) is 0 Å². The van der Waals surface area contributed by atoms with Crippen LogP contribution in [0.15, 0.2) is 59.7 Å². The van der Waals surface area contributed by atoms with Crippen molar-refractivity contribution in [1.82, 2.24) is 10.7 Å². The molecule has 5 heteroatoms. The van der Waals surface area contributed by atoms with Gasteiger partial charge in [0.1, 0.15) is 5.75 Å². The number of benzene rings is 2. The SMILES string of the molecule is COc1cccc(/C=N\NC(=S)NCCc2ccccc2)c1. The second kappa shape index (κ2) is 8.79. The summed E-state index contributed by atoms with van der Waals surface area (Å²) in [6, 6.07) is 17.9. The maximum atomic E-state index is 5.17. The lowest BCUT2D eigenvalue weighted by atomic mass is 10.1. The largest absolute Gasteiger partial charge is 0.497 e. The Hall–Kier alpha value is -2.40. The quantitative estimate of drug-likeness (QED) is 0.489. The minimum absolute atomic E-state index is 0.509. The third-order valence-corrected chi connectivity index (χ3v) is 3.25. The van der Waals surface area contributed by atoms with Crippen molar-refractivity contribution in [3.63, 3.8) is 0 Å². The van der Waals surface area contributed by atoms with Crippen molar-refractivity contribution in [1.29, 1.82) is 0 Å². The topological polar surface area (TPSA) is 45.6 Å². The van der Waals surface area contributed by atoms with E-state index in [2.05, 4.69) is 28.0 Å². The van der Waals surface area contributed by atoms with Gasteiger partial charge in [-0.2, -0.15) is 5.10 Å². The lowest BCUT2D eigenvalue weighted by Crippen LogP contribution is -2.33. The molecule has 0 saturated heterocycles. The first-order valence-electron chi connectivity index (χ1n) is 7.03. The predicted molar refractivity (Wildman–Crippen MR) is 94.5 cm³/mol. The van der Waals surface area contributed by atoms with Crippen molar-refractivity contribution < 1.29 is 4.74 Å². The van der Waals surface area contributed by atoms with Crippen LogP contribution in [0, 0.1) is 0 Å². The number of methoxy groups -OCH3 is 1. The van der Waals surface area contributed by atoms with E-state index in [1.807, 2.05) is 42.5 Å². The molecular weight excluding hydrogens is 294 g/mol. The Labute approximate surface area is 136 Å². The van der Waals surface area contributed by atoms with Crippen LogP contribution < -0.4 is 15.5 Å². The van der Waals surface area contributed by atoms with Crippen LogP contribution in [0.25, 0.3) is 0 Å². The Bertz CT molecular complexity index is 629. The minimum Gasteiger partial charge on any atom is -0.497 e. The molecule has 114 valence electrons. The van der Waals surface area contributed by atoms with Crippen LogP contribution in [-0.4, -0.2) is 25.0 Å². The number of rotatable bonds is 6. The average molecular weight is 313 g/mol. The summed E-state index contributed by atoms with van der Waals surface area (Å²) >= 11 is 5.17. The summed E-state index contributed by atoms with van der Waals surface area (Å²) in [6.07, 6.45) is 2.62. The zero-order valence-corrected chi connectivity index (χ0v) is 13.3. The maximum Gasteiger partial charge on any atom is 0.186 e. The van der Waals surface area contributed by atoms with E-state index in [0.717, 1.165) is 24.3 Å². The zero-order valence-electron chi connectivity index (χ0n) is 12.5. The molecule has 0 radical (unpaired) electrons. The van der Waals surface area contributed by atoms with Gasteiger partial charge < -0.3 is 10.1 Å². The monoisotopic (exact) mass is 313 g/mol. The van der Waals surface area contributed by atoms with Gasteiger partial charge in [-0.05, 0) is 41.9 Å². The fourth-order valence-corrected chi connectivity index (χ4v) is 2.05. The summed E-state index contributed by atoms with van der Waals surface area (Å²) in [7, 11) is 1.64. The van der Waals surface area contributed by atoms with E-state index in [1.54, 1.807) is 13.3 Å². The third kappa shape index (κ3) is 5.54. The van der Waals surface area contributed by atoms with Crippen molar-refractivity contribution >= 4 is 23.5 Å². The average Bonchev–Trinajstić information content (AvgIpc) is 2.56. The molecular formula is C17H19N3OS. The van der Waals surface area contributed by atoms with E-state index < -0.39 is 0 Å². The van der Waals surface area contributed by atoms with Gasteiger partial charge >= 0.3 is 0 Å². The van der Waals surface area contributed by atoms with Gasteiger partial charge in [-0.1, -0.05) is 42.5 Å². The normalized spacial score (nSPS) is 10.4. The Balaban J connectivity index is 1.72. The summed E-state index contributed by atoms with van der Waals surface area (Å²) in [5, 5.41) is 7.74. The number of nitrogens with one attached hydrogen (secondary N) is 2. The molecule has 0 spiro atoms. The van der Waals surface area contributed by atoms with Crippen molar-refractivity contribution in [3.05, 3.63) is 65.7 Å². The molecule has 0 saturated carbocycles. The Morgan fingerprint density at radius 2 is 2.00 bits per heavy atom. The molecule has 0 aliphatic heterocycles. The molecule has 0 heterocycles. The molecule has 0 atom stereocenters. The Morgan fingerprint density at radius 1 is 1.18 bits per heavy atom. The lowest BCUT2D eigenvalue weighted by molar-refractivity contribution is 0.415. The van der Waals surface area contributed by atoms with E-state index in [0.29, 0.717) is 5.11 Å². The summed E-state index contributed by atoms with van der Waals surface area (Å²) < 4.78 is 5.16. The first-order valence-corrected chi connectivity index (χ1v) is 7.43. The van der Waals surface area contributed by atoms with E-state index in [-0.39, 0.29) is 0 Å². The number of hydrazone groups is 1. The first-order chi connectivity index (χ1) is 10.8. The van der Waals surface area contributed by atoms with Crippen LogP contribution in [0.4, 0.5) is 0 Å². The van der Waals surface area contributed by atoms with Gasteiger partial charge in [0, 0.05) is 6.54 Å². The van der Waals surface area contributed by atoms with Gasteiger partial charge in [-0.25, -0.2) is 0 Å². The number of hydrogen-bond acceptors (Lipinski definition) is 3. The highest BCUT2D eigenvalue weighted by Gasteiger charge is 1.95. The van der Waals surface area contributed by atoms with Gasteiger partial charge in [0.2, 0.25) is 0 Å². The molecule has 0 aliphatic rings. The van der Waals surface area contributed by atoms with Crippen molar-refractivity contribution in [3.8, 4) is 5.75 Å². The van der Waals surface area contributed by atoms with Gasteiger partial charge in [0.15, 0.2) is 5.11 Å². The molecule has 4 nitrogen and oxygen atoms in total. The predicted octanol–water partition coefficient (Wildman–Crippen LogP) is 2.74. The van der Waals surface area contributed by atoms with Crippen LogP contribution in [-0.2, 0) is 6.42 Å². The molecule has 0 fully saturated rings. The van der Waals surface area contributed by atoms with Crippen LogP contribution in [0.1, 0.15) is 11.1 Å². The molecule has 0 aliphatic carbocycles. The number of hydrogen-bond donors (Lipinski definition) is 2. The van der Waals surface area contributed by atoms with Crippen molar-refractivity contribution in [2.45, 2.75) is 6.42 Å². The fourth-order valence-electron chi connectivity index (χ4n) is 1.89. The molecule has 2 aromatic carbocycles. The van der Waals surface area contributed by atoms with Gasteiger partial charge in [-0.15, -0.1) is 0 Å². The molecule has 2 aromatic rings. The molecule has 0 unspecified atom stereocenters. The van der Waals surface area contributed by atoms with Crippen LogP contribution >= 0.6 is 12.2 Å². The highest BCUT2D eigenvalue weighted by molar-refractivity contribution is 7.80. The molecule has 0 aromatic heterocycles. The molecule has 0 amide bonds. The molecule has 22 heavy (non-hydrogen) atoms. The van der Waals surface area contributed by atoms with Gasteiger partial charge in [0.05, 0.1) is 13.3 Å². The summed E-state index contributed by atoms with van der Waals surface area (Å²) in [6.45, 7) is 0.768. The fraction of sp³-hybridized carbons (Fsp3) is 0.176. The molecule has 2 rings (SSSR count). The summed E-state index contributed by atoms with van der Waals surface area (Å²) in [5.74, 6) is 0.799. The standard InChI is InChI=1S/C17H19N3OS/c1-21-16-9-5-8-15(12-16)13-19-20-17(22)18-11-10-14-6-3-2-4-7-14/h2-9,12-13H,10-11H2,1H3,(H2,18,20,22)/b19-13-. The van der Waals surface area contributed by atoms with E-state index in [1.165, 1.54) is 5.56 Å². The summed E-state index contributed by atoms with van der Waals surface area (Å²) in [5.41, 5.74) is 5.02. The van der Waals surface area contributed by atoms with Crippen LogP contribution in [0.2, 0.25) is 0 Å². The minimum atomic E-state index is 0.509. The molecule has 0 bridgehead atoms. The van der Waals surface area contributed by atoms with Crippen molar-refractivity contribution in [2.75, 3.05) is 13.7 Å². The van der Waals surface area contributed by atoms with E-state index in [4.69, 9.17) is 17.0 Å².